The molecule has 0 fully saturated rings. The van der Waals surface area contributed by atoms with Gasteiger partial charge in [-0.15, -0.1) is 11.3 Å². The van der Waals surface area contributed by atoms with Gasteiger partial charge in [0.2, 0.25) is 0 Å². The zero-order valence-electron chi connectivity index (χ0n) is 11.1. The molecule has 1 aromatic heterocycles. The summed E-state index contributed by atoms with van der Waals surface area (Å²) in [6.07, 6.45) is 0. The summed E-state index contributed by atoms with van der Waals surface area (Å²) in [4.78, 5) is 17.7. The lowest BCUT2D eigenvalue weighted by molar-refractivity contribution is 0.0690. The minimum atomic E-state index is -1.01. The van der Waals surface area contributed by atoms with Gasteiger partial charge in [0.15, 0.2) is 10.8 Å². The third-order valence-electron chi connectivity index (χ3n) is 2.79. The Morgan fingerprint density at radius 3 is 2.90 bits per heavy atom. The van der Waals surface area contributed by atoms with Crippen LogP contribution in [-0.4, -0.2) is 23.1 Å². The first-order valence-electron chi connectivity index (χ1n) is 5.92. The van der Waals surface area contributed by atoms with Crippen molar-refractivity contribution in [2.45, 2.75) is 13.5 Å². The van der Waals surface area contributed by atoms with Gasteiger partial charge in [-0.05, 0) is 24.6 Å². The molecule has 0 radical (unpaired) electrons. The van der Waals surface area contributed by atoms with E-state index in [1.54, 1.807) is 13.0 Å². The quantitative estimate of drug-likeness (QED) is 0.935. The first-order chi connectivity index (χ1) is 9.51. The molecule has 5 nitrogen and oxygen atoms in total. The average molecular weight is 287 g/mol. The number of nitriles is 1. The number of hydrogen-bond donors (Lipinski definition) is 1. The summed E-state index contributed by atoms with van der Waals surface area (Å²) >= 11 is 1.35. The lowest BCUT2D eigenvalue weighted by Crippen LogP contribution is -2.16. The fourth-order valence-electron chi connectivity index (χ4n) is 1.82. The van der Waals surface area contributed by atoms with Crippen LogP contribution in [0, 0.1) is 18.3 Å². The van der Waals surface area contributed by atoms with Crippen molar-refractivity contribution in [2.75, 3.05) is 11.9 Å². The van der Waals surface area contributed by atoms with Gasteiger partial charge in [-0.1, -0.05) is 12.1 Å². The monoisotopic (exact) mass is 287 g/mol. The highest BCUT2D eigenvalue weighted by atomic mass is 32.1. The van der Waals surface area contributed by atoms with Crippen LogP contribution in [0.1, 0.15) is 26.5 Å². The van der Waals surface area contributed by atoms with Crippen LogP contribution in [0.25, 0.3) is 0 Å². The van der Waals surface area contributed by atoms with Crippen LogP contribution >= 0.6 is 11.3 Å². The van der Waals surface area contributed by atoms with E-state index in [0.29, 0.717) is 22.1 Å². The number of aryl methyl sites for hydroxylation is 1. The highest BCUT2D eigenvalue weighted by Gasteiger charge is 2.16. The minimum absolute atomic E-state index is 0.0997. The van der Waals surface area contributed by atoms with Gasteiger partial charge in [0.05, 0.1) is 11.6 Å². The molecule has 6 heteroatoms. The summed E-state index contributed by atoms with van der Waals surface area (Å²) in [5, 5.41) is 18.5. The molecule has 20 heavy (non-hydrogen) atoms. The number of benzene rings is 1. The van der Waals surface area contributed by atoms with Gasteiger partial charge in [-0.3, -0.25) is 0 Å². The second kappa shape index (κ2) is 5.72. The predicted molar refractivity (Wildman–Crippen MR) is 77.1 cm³/mol. The number of carbonyl (C=O) groups is 1. The highest BCUT2D eigenvalue weighted by Crippen LogP contribution is 2.26. The van der Waals surface area contributed by atoms with E-state index >= 15 is 0 Å². The van der Waals surface area contributed by atoms with E-state index in [1.165, 1.54) is 11.3 Å². The topological polar surface area (TPSA) is 77.2 Å². The summed E-state index contributed by atoms with van der Waals surface area (Å²) in [6, 6.07) is 9.42. The molecule has 2 rings (SSSR count). The van der Waals surface area contributed by atoms with Crippen LogP contribution in [0.2, 0.25) is 0 Å². The van der Waals surface area contributed by atoms with E-state index in [2.05, 4.69) is 11.1 Å². The molecule has 0 aliphatic rings. The van der Waals surface area contributed by atoms with Gasteiger partial charge in [0.1, 0.15) is 0 Å². The van der Waals surface area contributed by atoms with Gasteiger partial charge in [-0.2, -0.15) is 5.26 Å². The SMILES string of the molecule is Cc1sc(N(C)Cc2cccc(C#N)c2)nc1C(=O)O. The molecule has 1 N–H and O–H groups in total. The molecule has 0 aliphatic heterocycles. The van der Waals surface area contributed by atoms with Gasteiger partial charge in [0, 0.05) is 18.5 Å². The lowest BCUT2D eigenvalue weighted by Gasteiger charge is -2.15. The molecule has 0 spiro atoms. The summed E-state index contributed by atoms with van der Waals surface area (Å²) in [7, 11) is 1.85. The number of rotatable bonds is 4. The van der Waals surface area contributed by atoms with E-state index in [9.17, 15) is 4.79 Å². The Morgan fingerprint density at radius 2 is 2.30 bits per heavy atom. The molecule has 0 unspecified atom stereocenters. The van der Waals surface area contributed by atoms with Crippen molar-refractivity contribution in [1.29, 1.82) is 5.26 Å². The Labute approximate surface area is 120 Å². The molecule has 1 heterocycles. The Balaban J connectivity index is 2.19. The number of carboxylic acids is 1. The first kappa shape index (κ1) is 14.0. The lowest BCUT2D eigenvalue weighted by atomic mass is 10.1. The molecule has 0 bridgehead atoms. The third-order valence-corrected chi connectivity index (χ3v) is 3.88. The van der Waals surface area contributed by atoms with Crippen LogP contribution in [0.3, 0.4) is 0 Å². The number of thiazole rings is 1. The van der Waals surface area contributed by atoms with Gasteiger partial charge >= 0.3 is 5.97 Å². The zero-order valence-corrected chi connectivity index (χ0v) is 11.9. The molecule has 102 valence electrons. The van der Waals surface area contributed by atoms with Crippen molar-refractivity contribution in [1.82, 2.24) is 4.98 Å². The van der Waals surface area contributed by atoms with E-state index < -0.39 is 5.97 Å². The first-order valence-corrected chi connectivity index (χ1v) is 6.74. The van der Waals surface area contributed by atoms with Crippen molar-refractivity contribution >= 4 is 22.4 Å². The van der Waals surface area contributed by atoms with E-state index in [1.807, 2.05) is 30.1 Å². The maximum absolute atomic E-state index is 11.0. The van der Waals surface area contributed by atoms with Gasteiger partial charge in [-0.25, -0.2) is 9.78 Å². The summed E-state index contributed by atoms with van der Waals surface area (Å²) < 4.78 is 0. The molecule has 0 aliphatic carbocycles. The van der Waals surface area contributed by atoms with Crippen LogP contribution in [0.4, 0.5) is 5.13 Å². The summed E-state index contributed by atoms with van der Waals surface area (Å²) in [6.45, 7) is 2.32. The van der Waals surface area contributed by atoms with Crippen LogP contribution in [-0.2, 0) is 6.54 Å². The Morgan fingerprint density at radius 1 is 1.55 bits per heavy atom. The molecule has 1 aromatic carbocycles. The molecule has 0 amide bonds. The largest absolute Gasteiger partial charge is 0.476 e. The smallest absolute Gasteiger partial charge is 0.355 e. The average Bonchev–Trinajstić information content (AvgIpc) is 2.81. The Hall–Kier alpha value is -2.39. The van der Waals surface area contributed by atoms with Crippen molar-refractivity contribution in [3.8, 4) is 6.07 Å². The predicted octanol–water partition coefficient (Wildman–Crippen LogP) is 2.66. The molecule has 0 saturated heterocycles. The van der Waals surface area contributed by atoms with Crippen molar-refractivity contribution in [2.24, 2.45) is 0 Å². The second-order valence-corrected chi connectivity index (χ2v) is 5.56. The molecule has 0 atom stereocenters. The van der Waals surface area contributed by atoms with Gasteiger partial charge < -0.3 is 10.0 Å². The fourth-order valence-corrected chi connectivity index (χ4v) is 2.69. The number of aromatic nitrogens is 1. The summed E-state index contributed by atoms with van der Waals surface area (Å²) in [5.41, 5.74) is 1.69. The standard InChI is InChI=1S/C14H13N3O2S/c1-9-12(13(18)19)16-14(20-9)17(2)8-11-5-3-4-10(6-11)7-15/h3-6H,8H2,1-2H3,(H,18,19). The molecular formula is C14H13N3O2S. The Bertz CT molecular complexity index is 688. The third kappa shape index (κ3) is 2.95. The van der Waals surface area contributed by atoms with Crippen LogP contribution < -0.4 is 4.90 Å². The Kier molecular flexibility index (Phi) is 4.01. The molecular weight excluding hydrogens is 274 g/mol. The molecule has 0 saturated carbocycles. The highest BCUT2D eigenvalue weighted by molar-refractivity contribution is 7.15. The number of hydrogen-bond acceptors (Lipinski definition) is 5. The van der Waals surface area contributed by atoms with E-state index in [4.69, 9.17) is 10.4 Å². The van der Waals surface area contributed by atoms with Crippen molar-refractivity contribution in [3.05, 3.63) is 46.0 Å². The number of carboxylic acid groups (broad SMARTS) is 1. The number of nitrogens with zero attached hydrogens (tertiary/aromatic N) is 3. The zero-order chi connectivity index (χ0) is 14.7. The van der Waals surface area contributed by atoms with Crippen LogP contribution in [0.15, 0.2) is 24.3 Å². The van der Waals surface area contributed by atoms with E-state index in [-0.39, 0.29) is 5.69 Å². The molecule has 2 aromatic rings. The number of anilines is 1. The minimum Gasteiger partial charge on any atom is -0.476 e. The number of aromatic carboxylic acids is 1. The fraction of sp³-hybridized carbons (Fsp3) is 0.214. The van der Waals surface area contributed by atoms with Gasteiger partial charge in [0.25, 0.3) is 0 Å². The van der Waals surface area contributed by atoms with Crippen molar-refractivity contribution < 1.29 is 9.90 Å². The normalized spacial score (nSPS) is 10.1. The second-order valence-electron chi connectivity index (χ2n) is 4.37. The maximum atomic E-state index is 11.0. The van der Waals surface area contributed by atoms with E-state index in [0.717, 1.165) is 5.56 Å². The summed E-state index contributed by atoms with van der Waals surface area (Å²) in [5.74, 6) is -1.01. The van der Waals surface area contributed by atoms with Crippen LogP contribution in [0.5, 0.6) is 0 Å². The maximum Gasteiger partial charge on any atom is 0.355 e. The van der Waals surface area contributed by atoms with Crippen molar-refractivity contribution in [3.63, 3.8) is 0 Å².